The number of aliphatic carboxylic acids is 1. The Bertz CT molecular complexity index is 712. The van der Waals surface area contributed by atoms with Gasteiger partial charge in [0.15, 0.2) is 0 Å². The molecular formula is C18H19ClF3NaO3. The third kappa shape index (κ3) is 4.77. The maximum absolute atomic E-state index is 13.1. The zero-order valence-electron chi connectivity index (χ0n) is 13.4. The Kier molecular flexibility index (Phi) is 7.10. The second-order valence-corrected chi connectivity index (χ2v) is 7.04. The molecule has 0 spiro atoms. The number of alkyl halides is 3. The van der Waals surface area contributed by atoms with E-state index in [0.717, 1.165) is 37.3 Å². The van der Waals surface area contributed by atoms with Crippen molar-refractivity contribution in [2.75, 3.05) is 0 Å². The van der Waals surface area contributed by atoms with Gasteiger partial charge in [0, 0.05) is 10.6 Å². The second-order valence-electron chi connectivity index (χ2n) is 6.63. The SMILES string of the molecule is O=C(O)C1=Cc2cc(Cl)c(CC3CCCCC3)cc2OC1C(F)(F)F.[NaH]. The molecule has 0 amide bonds. The summed E-state index contributed by atoms with van der Waals surface area (Å²) >= 11 is 6.28. The van der Waals surface area contributed by atoms with E-state index in [1.54, 1.807) is 0 Å². The molecule has 1 aromatic carbocycles. The molecule has 3 nitrogen and oxygen atoms in total. The number of carboxylic acids is 1. The van der Waals surface area contributed by atoms with Crippen molar-refractivity contribution in [3.8, 4) is 5.75 Å². The topological polar surface area (TPSA) is 46.5 Å². The van der Waals surface area contributed by atoms with Crippen LogP contribution in [0.4, 0.5) is 13.2 Å². The standard InChI is InChI=1S/C18H18ClF3O3.Na.H/c19-14-8-12-7-13(17(23)24)16(18(20,21)22)25-15(12)9-11(14)6-10-4-2-1-3-5-10;;/h7-10,16H,1-6H2,(H,23,24);;. The normalized spacial score (nSPS) is 20.5. The summed E-state index contributed by atoms with van der Waals surface area (Å²) in [5.74, 6) is -1.16. The molecule has 1 aliphatic heterocycles. The van der Waals surface area contributed by atoms with E-state index in [2.05, 4.69) is 0 Å². The van der Waals surface area contributed by atoms with Crippen molar-refractivity contribution in [1.29, 1.82) is 0 Å². The fourth-order valence-corrected chi connectivity index (χ4v) is 3.78. The quantitative estimate of drug-likeness (QED) is 0.756. The van der Waals surface area contributed by atoms with Crippen molar-refractivity contribution in [2.24, 2.45) is 5.92 Å². The minimum atomic E-state index is -4.80. The first-order chi connectivity index (χ1) is 11.8. The van der Waals surface area contributed by atoms with Crippen LogP contribution in [0.3, 0.4) is 0 Å². The van der Waals surface area contributed by atoms with Crippen LogP contribution in [0.15, 0.2) is 17.7 Å². The number of carboxylic acid groups (broad SMARTS) is 1. The Morgan fingerprint density at radius 2 is 1.88 bits per heavy atom. The summed E-state index contributed by atoms with van der Waals surface area (Å²) in [7, 11) is 0. The molecule has 1 atom stereocenters. The molecule has 0 aromatic heterocycles. The molecule has 0 saturated heterocycles. The summed E-state index contributed by atoms with van der Waals surface area (Å²) in [5, 5.41) is 9.49. The zero-order valence-corrected chi connectivity index (χ0v) is 14.2. The first-order valence-electron chi connectivity index (χ1n) is 8.26. The van der Waals surface area contributed by atoms with E-state index in [1.807, 2.05) is 0 Å². The van der Waals surface area contributed by atoms with E-state index in [1.165, 1.54) is 18.6 Å². The molecule has 8 heteroatoms. The third-order valence-electron chi connectivity index (χ3n) is 4.79. The summed E-state index contributed by atoms with van der Waals surface area (Å²) in [4.78, 5) is 11.2. The van der Waals surface area contributed by atoms with Crippen molar-refractivity contribution < 1.29 is 27.8 Å². The molecule has 1 unspecified atom stereocenters. The van der Waals surface area contributed by atoms with Gasteiger partial charge in [-0.25, -0.2) is 4.79 Å². The summed E-state index contributed by atoms with van der Waals surface area (Å²) in [6, 6.07) is 3.02. The second kappa shape index (κ2) is 8.55. The van der Waals surface area contributed by atoms with Gasteiger partial charge in [-0.1, -0.05) is 43.7 Å². The molecule has 3 rings (SSSR count). The number of halogens is 4. The molecule has 1 saturated carbocycles. The van der Waals surface area contributed by atoms with E-state index in [4.69, 9.17) is 21.4 Å². The fourth-order valence-electron chi connectivity index (χ4n) is 3.54. The van der Waals surface area contributed by atoms with Gasteiger partial charge in [-0.05, 0) is 36.1 Å². The van der Waals surface area contributed by atoms with Crippen LogP contribution in [-0.2, 0) is 11.2 Å². The van der Waals surface area contributed by atoms with Gasteiger partial charge in [-0.2, -0.15) is 13.2 Å². The molecule has 1 aromatic rings. The molecule has 2 aliphatic rings. The van der Waals surface area contributed by atoms with Crippen LogP contribution >= 0.6 is 11.6 Å². The average Bonchev–Trinajstić information content (AvgIpc) is 2.54. The number of ether oxygens (including phenoxy) is 1. The van der Waals surface area contributed by atoms with Crippen molar-refractivity contribution in [3.05, 3.63) is 33.9 Å². The van der Waals surface area contributed by atoms with Crippen molar-refractivity contribution in [1.82, 2.24) is 0 Å². The van der Waals surface area contributed by atoms with Gasteiger partial charge in [-0.15, -0.1) is 0 Å². The summed E-state index contributed by atoms with van der Waals surface area (Å²) in [5.41, 5.74) is 0.173. The van der Waals surface area contributed by atoms with E-state index < -0.39 is 23.8 Å². The number of hydrogen-bond donors (Lipinski definition) is 1. The number of fused-ring (bicyclic) bond motifs is 1. The van der Waals surface area contributed by atoms with E-state index in [-0.39, 0.29) is 40.9 Å². The maximum atomic E-state index is 13.1. The van der Waals surface area contributed by atoms with Crippen LogP contribution in [0, 0.1) is 5.92 Å². The van der Waals surface area contributed by atoms with Crippen molar-refractivity contribution in [2.45, 2.75) is 50.8 Å². The minimum absolute atomic E-state index is 0. The van der Waals surface area contributed by atoms with Crippen LogP contribution in [0.25, 0.3) is 6.08 Å². The Balaban J connectivity index is 0.00000243. The predicted molar refractivity (Wildman–Crippen MR) is 95.0 cm³/mol. The Morgan fingerprint density at radius 3 is 2.46 bits per heavy atom. The molecule has 1 heterocycles. The average molecular weight is 399 g/mol. The molecular weight excluding hydrogens is 380 g/mol. The number of hydrogen-bond acceptors (Lipinski definition) is 2. The van der Waals surface area contributed by atoms with Crippen LogP contribution in [0.2, 0.25) is 5.02 Å². The molecule has 26 heavy (non-hydrogen) atoms. The van der Waals surface area contributed by atoms with Crippen molar-refractivity contribution >= 4 is 53.2 Å². The predicted octanol–water partition coefficient (Wildman–Crippen LogP) is 4.61. The van der Waals surface area contributed by atoms with Crippen LogP contribution in [0.5, 0.6) is 5.75 Å². The van der Waals surface area contributed by atoms with Gasteiger partial charge in [0.1, 0.15) is 5.75 Å². The summed E-state index contributed by atoms with van der Waals surface area (Å²) in [6.07, 6.45) is 0.122. The van der Waals surface area contributed by atoms with Gasteiger partial charge in [0.25, 0.3) is 0 Å². The van der Waals surface area contributed by atoms with Crippen LogP contribution in [-0.4, -0.2) is 52.9 Å². The first kappa shape index (κ1) is 21.6. The van der Waals surface area contributed by atoms with E-state index in [0.29, 0.717) is 17.4 Å². The van der Waals surface area contributed by atoms with Gasteiger partial charge in [0.05, 0.1) is 5.57 Å². The fraction of sp³-hybridized carbons (Fsp3) is 0.500. The molecule has 1 fully saturated rings. The number of benzene rings is 1. The molecule has 138 valence electrons. The van der Waals surface area contributed by atoms with E-state index in [9.17, 15) is 18.0 Å². The van der Waals surface area contributed by atoms with Gasteiger partial charge in [0.2, 0.25) is 6.10 Å². The number of rotatable bonds is 3. The molecule has 1 aliphatic carbocycles. The molecule has 0 radical (unpaired) electrons. The first-order valence-corrected chi connectivity index (χ1v) is 8.64. The third-order valence-corrected chi connectivity index (χ3v) is 5.15. The van der Waals surface area contributed by atoms with Crippen LogP contribution in [0.1, 0.15) is 43.2 Å². The van der Waals surface area contributed by atoms with Gasteiger partial charge < -0.3 is 9.84 Å². The zero-order chi connectivity index (χ0) is 18.2. The van der Waals surface area contributed by atoms with E-state index >= 15 is 0 Å². The molecule has 0 bridgehead atoms. The van der Waals surface area contributed by atoms with Gasteiger partial charge >= 0.3 is 41.7 Å². The monoisotopic (exact) mass is 398 g/mol. The van der Waals surface area contributed by atoms with Crippen molar-refractivity contribution in [3.63, 3.8) is 0 Å². The van der Waals surface area contributed by atoms with Gasteiger partial charge in [-0.3, -0.25) is 0 Å². The summed E-state index contributed by atoms with van der Waals surface area (Å²) < 4.78 is 44.5. The molecule has 1 N–H and O–H groups in total. The van der Waals surface area contributed by atoms with Crippen LogP contribution < -0.4 is 4.74 Å². The summed E-state index contributed by atoms with van der Waals surface area (Å²) in [6.45, 7) is 0. The Morgan fingerprint density at radius 1 is 1.23 bits per heavy atom. The Labute approximate surface area is 176 Å². The Hall–Kier alpha value is -0.690. The number of carbonyl (C=O) groups is 1.